The van der Waals surface area contributed by atoms with E-state index in [0.717, 1.165) is 0 Å². The highest BCUT2D eigenvalue weighted by atomic mass is 79.9. The maximum atomic E-state index is 13.6. The first-order valence-corrected chi connectivity index (χ1v) is 6.95. The van der Waals surface area contributed by atoms with Crippen LogP contribution in [-0.4, -0.2) is 5.78 Å². The number of Topliss-reactive ketones (excluding diaryl/α,β-unsaturated/α-hetero) is 1. The van der Waals surface area contributed by atoms with Crippen molar-refractivity contribution in [3.05, 3.63) is 67.9 Å². The van der Waals surface area contributed by atoms with Crippen molar-refractivity contribution in [2.24, 2.45) is 0 Å². The highest BCUT2D eigenvalue weighted by Gasteiger charge is 2.15. The molecule has 0 amide bonds. The fourth-order valence-corrected chi connectivity index (χ4v) is 2.81. The molecule has 0 aliphatic heterocycles. The van der Waals surface area contributed by atoms with Gasteiger partial charge in [0, 0.05) is 32.1 Å². The minimum absolute atomic E-state index is 0.0915. The molecule has 2 aromatic carbocycles. The normalized spacial score (nSPS) is 10.5. The molecular formula is C14H8BrCl2FO. The largest absolute Gasteiger partial charge is 0.294 e. The van der Waals surface area contributed by atoms with Gasteiger partial charge in [0.05, 0.1) is 0 Å². The molecule has 5 heteroatoms. The van der Waals surface area contributed by atoms with Gasteiger partial charge in [-0.15, -0.1) is 0 Å². The highest BCUT2D eigenvalue weighted by molar-refractivity contribution is 9.10. The second-order valence-electron chi connectivity index (χ2n) is 3.92. The van der Waals surface area contributed by atoms with Crippen molar-refractivity contribution in [3.8, 4) is 0 Å². The van der Waals surface area contributed by atoms with Gasteiger partial charge in [-0.05, 0) is 46.3 Å². The predicted molar refractivity (Wildman–Crippen MR) is 78.6 cm³/mol. The zero-order chi connectivity index (χ0) is 14.0. The van der Waals surface area contributed by atoms with Gasteiger partial charge < -0.3 is 0 Å². The number of rotatable bonds is 3. The van der Waals surface area contributed by atoms with Crippen LogP contribution in [-0.2, 0) is 6.42 Å². The quantitative estimate of drug-likeness (QED) is 0.676. The summed E-state index contributed by atoms with van der Waals surface area (Å²) in [4.78, 5) is 12.2. The standard InChI is InChI=1S/C14H8BrCl2FO/c15-11-6-8(16)4-5-9(11)14(19)7-10-12(17)2-1-3-13(10)18/h1-6H,7H2. The van der Waals surface area contributed by atoms with Crippen LogP contribution in [0.25, 0.3) is 0 Å². The van der Waals surface area contributed by atoms with Gasteiger partial charge in [-0.25, -0.2) is 4.39 Å². The van der Waals surface area contributed by atoms with Crippen molar-refractivity contribution in [3.63, 3.8) is 0 Å². The molecule has 0 atom stereocenters. The Hall–Kier alpha value is -0.900. The zero-order valence-electron chi connectivity index (χ0n) is 9.59. The van der Waals surface area contributed by atoms with Crippen LogP contribution in [0.2, 0.25) is 10.0 Å². The molecule has 2 rings (SSSR count). The van der Waals surface area contributed by atoms with Crippen LogP contribution < -0.4 is 0 Å². The molecule has 0 bridgehead atoms. The number of halogens is 4. The molecule has 0 N–H and O–H groups in total. The summed E-state index contributed by atoms with van der Waals surface area (Å²) in [6.07, 6.45) is -0.0915. The number of ketones is 1. The number of benzene rings is 2. The van der Waals surface area contributed by atoms with Gasteiger partial charge in [0.2, 0.25) is 0 Å². The smallest absolute Gasteiger partial charge is 0.168 e. The molecule has 0 unspecified atom stereocenters. The second-order valence-corrected chi connectivity index (χ2v) is 5.62. The second kappa shape index (κ2) is 6.04. The monoisotopic (exact) mass is 360 g/mol. The predicted octanol–water partition coefficient (Wildman–Crippen LogP) is 5.32. The van der Waals surface area contributed by atoms with Crippen molar-refractivity contribution in [1.29, 1.82) is 0 Å². The fourth-order valence-electron chi connectivity index (χ4n) is 1.67. The molecule has 0 aliphatic rings. The molecule has 0 radical (unpaired) electrons. The van der Waals surface area contributed by atoms with E-state index in [4.69, 9.17) is 23.2 Å². The molecular weight excluding hydrogens is 354 g/mol. The fraction of sp³-hybridized carbons (Fsp3) is 0.0714. The average molecular weight is 362 g/mol. The van der Waals surface area contributed by atoms with Crippen LogP contribution in [0.15, 0.2) is 40.9 Å². The molecule has 19 heavy (non-hydrogen) atoms. The van der Waals surface area contributed by atoms with E-state index in [2.05, 4.69) is 15.9 Å². The first-order valence-electron chi connectivity index (χ1n) is 5.40. The van der Waals surface area contributed by atoms with Gasteiger partial charge in [0.1, 0.15) is 5.82 Å². The Morgan fingerprint density at radius 3 is 2.58 bits per heavy atom. The molecule has 0 saturated carbocycles. The van der Waals surface area contributed by atoms with Gasteiger partial charge in [0.15, 0.2) is 5.78 Å². The first-order chi connectivity index (χ1) is 8.99. The molecule has 1 nitrogen and oxygen atoms in total. The third kappa shape index (κ3) is 3.35. The first kappa shape index (κ1) is 14.5. The summed E-state index contributed by atoms with van der Waals surface area (Å²) in [5, 5.41) is 0.769. The zero-order valence-corrected chi connectivity index (χ0v) is 12.7. The lowest BCUT2D eigenvalue weighted by atomic mass is 10.0. The summed E-state index contributed by atoms with van der Waals surface area (Å²) in [5.74, 6) is -0.707. The van der Waals surface area contributed by atoms with E-state index in [1.165, 1.54) is 12.1 Å². The van der Waals surface area contributed by atoms with Crippen molar-refractivity contribution >= 4 is 44.9 Å². The maximum Gasteiger partial charge on any atom is 0.168 e. The minimum atomic E-state index is -0.481. The summed E-state index contributed by atoms with van der Waals surface area (Å²) in [6, 6.07) is 9.18. The summed E-state index contributed by atoms with van der Waals surface area (Å²) in [7, 11) is 0. The Bertz CT molecular complexity index is 623. The van der Waals surface area contributed by atoms with Gasteiger partial charge in [-0.1, -0.05) is 29.3 Å². The molecule has 0 aliphatic carbocycles. The van der Waals surface area contributed by atoms with Gasteiger partial charge in [-0.3, -0.25) is 4.79 Å². The van der Waals surface area contributed by atoms with Crippen molar-refractivity contribution in [2.75, 3.05) is 0 Å². The average Bonchev–Trinajstić information content (AvgIpc) is 2.33. The molecule has 0 fully saturated rings. The van der Waals surface area contributed by atoms with Crippen molar-refractivity contribution in [1.82, 2.24) is 0 Å². The van der Waals surface area contributed by atoms with E-state index in [9.17, 15) is 9.18 Å². The van der Waals surface area contributed by atoms with E-state index in [1.807, 2.05) is 0 Å². The van der Waals surface area contributed by atoms with Gasteiger partial charge in [-0.2, -0.15) is 0 Å². The molecule has 98 valence electrons. The van der Waals surface area contributed by atoms with Crippen molar-refractivity contribution in [2.45, 2.75) is 6.42 Å². The number of carbonyl (C=O) groups is 1. The lowest BCUT2D eigenvalue weighted by Crippen LogP contribution is -2.06. The highest BCUT2D eigenvalue weighted by Crippen LogP contribution is 2.25. The Labute approximate surface area is 128 Å². The lowest BCUT2D eigenvalue weighted by molar-refractivity contribution is 0.0991. The summed E-state index contributed by atoms with van der Waals surface area (Å²) in [5.41, 5.74) is 0.653. The van der Waals surface area contributed by atoms with Gasteiger partial charge >= 0.3 is 0 Å². The summed E-state index contributed by atoms with van der Waals surface area (Å²) >= 11 is 15.0. The lowest BCUT2D eigenvalue weighted by Gasteiger charge is -2.07. The van der Waals surface area contributed by atoms with Crippen LogP contribution in [0.4, 0.5) is 4.39 Å². The van der Waals surface area contributed by atoms with Gasteiger partial charge in [0.25, 0.3) is 0 Å². The summed E-state index contributed by atoms with van der Waals surface area (Å²) < 4.78 is 14.2. The van der Waals surface area contributed by atoms with E-state index >= 15 is 0 Å². The van der Waals surface area contributed by atoms with Crippen LogP contribution in [0.1, 0.15) is 15.9 Å². The number of hydrogen-bond acceptors (Lipinski definition) is 1. The van der Waals surface area contributed by atoms with E-state index in [1.54, 1.807) is 24.3 Å². The Morgan fingerprint density at radius 1 is 1.21 bits per heavy atom. The summed E-state index contributed by atoms with van der Waals surface area (Å²) in [6.45, 7) is 0. The molecule has 0 heterocycles. The SMILES string of the molecule is O=C(Cc1c(F)cccc1Cl)c1ccc(Cl)cc1Br. The van der Waals surface area contributed by atoms with Crippen LogP contribution in [0, 0.1) is 5.82 Å². The van der Waals surface area contributed by atoms with E-state index < -0.39 is 5.82 Å². The van der Waals surface area contributed by atoms with Crippen LogP contribution in [0.3, 0.4) is 0 Å². The topological polar surface area (TPSA) is 17.1 Å². The molecule has 2 aromatic rings. The van der Waals surface area contributed by atoms with Crippen molar-refractivity contribution < 1.29 is 9.18 Å². The van der Waals surface area contributed by atoms with Crippen LogP contribution >= 0.6 is 39.1 Å². The Morgan fingerprint density at radius 2 is 1.95 bits per heavy atom. The third-order valence-electron chi connectivity index (χ3n) is 2.63. The Balaban J connectivity index is 2.31. The number of hydrogen-bond donors (Lipinski definition) is 0. The molecule has 0 saturated heterocycles. The van der Waals surface area contributed by atoms with E-state index in [-0.39, 0.29) is 22.8 Å². The maximum absolute atomic E-state index is 13.6. The van der Waals surface area contributed by atoms with E-state index in [0.29, 0.717) is 15.1 Å². The van der Waals surface area contributed by atoms with Crippen LogP contribution in [0.5, 0.6) is 0 Å². The Kier molecular flexibility index (Phi) is 4.61. The number of carbonyl (C=O) groups excluding carboxylic acids is 1. The molecule has 0 aromatic heterocycles. The minimum Gasteiger partial charge on any atom is -0.294 e. The third-order valence-corrected chi connectivity index (χ3v) is 3.88. The molecule has 0 spiro atoms.